The smallest absolute Gasteiger partial charge is 0.238 e. The van der Waals surface area contributed by atoms with E-state index in [1.54, 1.807) is 24.4 Å². The van der Waals surface area contributed by atoms with Gasteiger partial charge in [0.05, 0.1) is 18.4 Å². The van der Waals surface area contributed by atoms with Gasteiger partial charge in [-0.1, -0.05) is 6.07 Å². The van der Waals surface area contributed by atoms with Crippen LogP contribution in [0.15, 0.2) is 54.9 Å². The molecule has 8 heteroatoms. The van der Waals surface area contributed by atoms with Gasteiger partial charge in [-0.2, -0.15) is 0 Å². The number of benzene rings is 1. The Morgan fingerprint density at radius 3 is 2.62 bits per heavy atom. The largest absolute Gasteiger partial charge is 0.325 e. The maximum atomic E-state index is 13.9. The van der Waals surface area contributed by atoms with Crippen molar-refractivity contribution in [2.75, 3.05) is 30.3 Å². The van der Waals surface area contributed by atoms with Gasteiger partial charge in [-0.25, -0.2) is 18.7 Å². The van der Waals surface area contributed by atoms with Crippen molar-refractivity contribution in [2.45, 2.75) is 25.7 Å². The molecular formula is C24H25F2N5O. The van der Waals surface area contributed by atoms with Gasteiger partial charge in [0.15, 0.2) is 0 Å². The first-order chi connectivity index (χ1) is 15.5. The summed E-state index contributed by atoms with van der Waals surface area (Å²) in [6.07, 6.45) is 4.72. The zero-order valence-corrected chi connectivity index (χ0v) is 17.8. The maximum Gasteiger partial charge on any atom is 0.238 e. The van der Waals surface area contributed by atoms with Crippen molar-refractivity contribution in [3.63, 3.8) is 0 Å². The molecule has 2 aromatic heterocycles. The van der Waals surface area contributed by atoms with E-state index in [1.165, 1.54) is 12.1 Å². The van der Waals surface area contributed by atoms with Gasteiger partial charge in [-0.3, -0.25) is 9.69 Å². The molecule has 0 saturated carbocycles. The van der Waals surface area contributed by atoms with Crippen LogP contribution in [0.3, 0.4) is 0 Å². The third-order valence-corrected chi connectivity index (χ3v) is 5.59. The molecule has 1 fully saturated rings. The van der Waals surface area contributed by atoms with E-state index in [0.29, 0.717) is 17.6 Å². The van der Waals surface area contributed by atoms with Crippen LogP contribution in [-0.4, -0.2) is 40.4 Å². The first-order valence-corrected chi connectivity index (χ1v) is 10.6. The summed E-state index contributed by atoms with van der Waals surface area (Å²) in [6.45, 7) is 3.65. The van der Waals surface area contributed by atoms with E-state index < -0.39 is 5.82 Å². The molecule has 0 unspecified atom stereocenters. The summed E-state index contributed by atoms with van der Waals surface area (Å²) in [6, 6.07) is 11.6. The third kappa shape index (κ3) is 5.64. The van der Waals surface area contributed by atoms with Gasteiger partial charge in [-0.05, 0) is 86.3 Å². The number of hydrogen-bond acceptors (Lipinski definition) is 5. The number of anilines is 3. The number of amides is 1. The normalized spacial score (nSPS) is 14.8. The van der Waals surface area contributed by atoms with Gasteiger partial charge in [-0.15, -0.1) is 0 Å². The van der Waals surface area contributed by atoms with E-state index in [1.807, 2.05) is 19.1 Å². The summed E-state index contributed by atoms with van der Waals surface area (Å²) in [7, 11) is 0. The number of carbonyl (C=O) groups excluding carboxylic acids is 1. The first kappa shape index (κ1) is 21.8. The molecule has 0 aliphatic carbocycles. The molecule has 1 amide bonds. The molecule has 6 nitrogen and oxygen atoms in total. The number of nitrogens with zero attached hydrogens (tertiary/aromatic N) is 3. The van der Waals surface area contributed by atoms with E-state index in [9.17, 15) is 13.6 Å². The van der Waals surface area contributed by atoms with E-state index in [2.05, 4.69) is 25.5 Å². The van der Waals surface area contributed by atoms with Crippen LogP contribution in [0, 0.1) is 18.6 Å². The molecule has 32 heavy (non-hydrogen) atoms. The van der Waals surface area contributed by atoms with Crippen molar-refractivity contribution in [1.29, 1.82) is 0 Å². The third-order valence-electron chi connectivity index (χ3n) is 5.59. The maximum absolute atomic E-state index is 13.9. The minimum atomic E-state index is -0.430. The molecule has 1 aromatic carbocycles. The highest BCUT2D eigenvalue weighted by molar-refractivity contribution is 5.92. The van der Waals surface area contributed by atoms with Crippen LogP contribution in [0.4, 0.5) is 26.1 Å². The molecule has 3 aromatic rings. The minimum absolute atomic E-state index is 0.213. The van der Waals surface area contributed by atoms with Crippen molar-refractivity contribution in [1.82, 2.24) is 14.9 Å². The first-order valence-electron chi connectivity index (χ1n) is 10.6. The summed E-state index contributed by atoms with van der Waals surface area (Å²) < 4.78 is 26.9. The molecule has 2 N–H and O–H groups in total. The highest BCUT2D eigenvalue weighted by Crippen LogP contribution is 2.29. The zero-order chi connectivity index (χ0) is 22.5. The van der Waals surface area contributed by atoms with Crippen LogP contribution in [0.2, 0.25) is 0 Å². The monoisotopic (exact) mass is 437 g/mol. The lowest BCUT2D eigenvalue weighted by atomic mass is 9.90. The van der Waals surface area contributed by atoms with Gasteiger partial charge < -0.3 is 10.6 Å². The standard InChI is InChI=1S/C24H25F2N5O/c1-16-2-4-20(26)21(12-16)29-24(32)15-31-10-7-17(8-11-31)18-6-9-27-23(13-18)30-22-5-3-19(25)14-28-22/h2-6,9,12-14,17H,7-8,10-11,15H2,1H3,(H,29,32)(H,27,28,30). The fraction of sp³-hybridized carbons (Fsp3) is 0.292. The van der Waals surface area contributed by atoms with Gasteiger partial charge in [0.25, 0.3) is 0 Å². The van der Waals surface area contributed by atoms with E-state index >= 15 is 0 Å². The molecule has 0 atom stereocenters. The molecular weight excluding hydrogens is 412 g/mol. The van der Waals surface area contributed by atoms with Crippen LogP contribution < -0.4 is 10.6 Å². The highest BCUT2D eigenvalue weighted by Gasteiger charge is 2.22. The molecule has 1 aliphatic rings. The topological polar surface area (TPSA) is 70.2 Å². The number of rotatable bonds is 6. The highest BCUT2D eigenvalue weighted by atomic mass is 19.1. The number of piperidine rings is 1. The Labute approximate surface area is 185 Å². The Kier molecular flexibility index (Phi) is 6.70. The van der Waals surface area contributed by atoms with Gasteiger partial charge in [0, 0.05) is 6.20 Å². The molecule has 1 saturated heterocycles. The Morgan fingerprint density at radius 1 is 1.06 bits per heavy atom. The Balaban J connectivity index is 1.30. The fourth-order valence-electron chi connectivity index (χ4n) is 3.90. The lowest BCUT2D eigenvalue weighted by molar-refractivity contribution is -0.117. The lowest BCUT2D eigenvalue weighted by Crippen LogP contribution is -2.38. The number of likely N-dealkylation sites (tertiary alicyclic amines) is 1. The number of carbonyl (C=O) groups is 1. The van der Waals surface area contributed by atoms with Crippen LogP contribution in [-0.2, 0) is 4.79 Å². The molecule has 166 valence electrons. The second-order valence-electron chi connectivity index (χ2n) is 8.04. The van der Waals surface area contributed by atoms with Crippen LogP contribution in [0.25, 0.3) is 0 Å². The summed E-state index contributed by atoms with van der Waals surface area (Å²) in [5.41, 5.74) is 2.27. The summed E-state index contributed by atoms with van der Waals surface area (Å²) in [4.78, 5) is 22.8. The molecule has 4 rings (SSSR count). The molecule has 3 heterocycles. The predicted octanol–water partition coefficient (Wildman–Crippen LogP) is 4.62. The van der Waals surface area contributed by atoms with Gasteiger partial charge >= 0.3 is 0 Å². The van der Waals surface area contributed by atoms with Crippen molar-refractivity contribution in [3.05, 3.63) is 77.6 Å². The SMILES string of the molecule is Cc1ccc(F)c(NC(=O)CN2CCC(c3ccnc(Nc4ccc(F)cn4)c3)CC2)c1. The number of pyridine rings is 2. The van der Waals surface area contributed by atoms with Crippen molar-refractivity contribution in [2.24, 2.45) is 0 Å². The Bertz CT molecular complexity index is 1080. The average molecular weight is 437 g/mol. The fourth-order valence-corrected chi connectivity index (χ4v) is 3.90. The second-order valence-corrected chi connectivity index (χ2v) is 8.04. The number of aryl methyl sites for hydroxylation is 1. The second kappa shape index (κ2) is 9.82. The zero-order valence-electron chi connectivity index (χ0n) is 17.8. The number of aromatic nitrogens is 2. The van der Waals surface area contributed by atoms with Crippen molar-refractivity contribution >= 4 is 23.2 Å². The number of halogens is 2. The van der Waals surface area contributed by atoms with E-state index in [4.69, 9.17) is 0 Å². The van der Waals surface area contributed by atoms with Crippen molar-refractivity contribution in [3.8, 4) is 0 Å². The average Bonchev–Trinajstić information content (AvgIpc) is 2.78. The van der Waals surface area contributed by atoms with Crippen molar-refractivity contribution < 1.29 is 13.6 Å². The summed E-state index contributed by atoms with van der Waals surface area (Å²) in [5.74, 6) is 0.510. The predicted molar refractivity (Wildman–Crippen MR) is 120 cm³/mol. The Morgan fingerprint density at radius 2 is 1.88 bits per heavy atom. The van der Waals surface area contributed by atoms with Crippen LogP contribution in [0.5, 0.6) is 0 Å². The molecule has 1 aliphatic heterocycles. The molecule has 0 radical (unpaired) electrons. The quantitative estimate of drug-likeness (QED) is 0.589. The van der Waals surface area contributed by atoms with Crippen LogP contribution in [0.1, 0.15) is 29.9 Å². The summed E-state index contributed by atoms with van der Waals surface area (Å²) in [5, 5.41) is 5.77. The summed E-state index contributed by atoms with van der Waals surface area (Å²) >= 11 is 0. The lowest BCUT2D eigenvalue weighted by Gasteiger charge is -2.31. The minimum Gasteiger partial charge on any atom is -0.325 e. The van der Waals surface area contributed by atoms with E-state index in [-0.39, 0.29) is 24.0 Å². The van der Waals surface area contributed by atoms with E-state index in [0.717, 1.165) is 43.3 Å². The van der Waals surface area contributed by atoms with Gasteiger partial charge in [0.1, 0.15) is 23.3 Å². The molecule has 0 spiro atoms. The molecule has 0 bridgehead atoms. The van der Waals surface area contributed by atoms with Gasteiger partial charge in [0.2, 0.25) is 5.91 Å². The number of nitrogens with one attached hydrogen (secondary N) is 2. The Hall–Kier alpha value is -3.39. The van der Waals surface area contributed by atoms with Crippen LogP contribution >= 0.6 is 0 Å². The number of hydrogen-bond donors (Lipinski definition) is 2.